The van der Waals surface area contributed by atoms with Crippen molar-refractivity contribution in [3.63, 3.8) is 0 Å². The zero-order chi connectivity index (χ0) is 15.8. The van der Waals surface area contributed by atoms with Crippen LogP contribution in [0.1, 0.15) is 35.2 Å². The van der Waals surface area contributed by atoms with Crippen molar-refractivity contribution in [3.05, 3.63) is 35.4 Å². The van der Waals surface area contributed by atoms with Crippen LogP contribution in [0.25, 0.3) is 0 Å². The fraction of sp³-hybridized carbons (Fsp3) is 0.400. The molecule has 1 aromatic carbocycles. The molecular weight excluding hydrogens is 272 g/mol. The number of benzene rings is 1. The van der Waals surface area contributed by atoms with Gasteiger partial charge >= 0.3 is 5.97 Å². The quantitative estimate of drug-likeness (QED) is 0.792. The Kier molecular flexibility index (Phi) is 6.39. The summed E-state index contributed by atoms with van der Waals surface area (Å²) in [6, 6.07) is 6.33. The average molecular weight is 292 g/mol. The van der Waals surface area contributed by atoms with Gasteiger partial charge in [-0.05, 0) is 24.1 Å². The zero-order valence-corrected chi connectivity index (χ0v) is 12.3. The van der Waals surface area contributed by atoms with E-state index in [2.05, 4.69) is 5.32 Å². The molecule has 114 valence electrons. The summed E-state index contributed by atoms with van der Waals surface area (Å²) in [5.41, 5.74) is 1.05. The number of nitrogens with one attached hydrogen (secondary N) is 1. The Bertz CT molecular complexity index is 509. The minimum atomic E-state index is -0.976. The maximum absolute atomic E-state index is 11.6. The molecule has 0 spiro atoms. The molecule has 0 fully saturated rings. The van der Waals surface area contributed by atoms with Crippen molar-refractivity contribution in [2.45, 2.75) is 25.8 Å². The predicted octanol–water partition coefficient (Wildman–Crippen LogP) is 1.26. The molecule has 0 bridgehead atoms. The second kappa shape index (κ2) is 8.04. The van der Waals surface area contributed by atoms with E-state index in [1.54, 1.807) is 26.2 Å². The van der Waals surface area contributed by atoms with Gasteiger partial charge in [0, 0.05) is 33.5 Å². The fourth-order valence-electron chi connectivity index (χ4n) is 1.68. The van der Waals surface area contributed by atoms with E-state index in [0.717, 1.165) is 5.56 Å². The molecule has 21 heavy (non-hydrogen) atoms. The molecule has 0 saturated heterocycles. The van der Waals surface area contributed by atoms with Crippen molar-refractivity contribution >= 4 is 17.8 Å². The van der Waals surface area contributed by atoms with E-state index in [1.807, 2.05) is 0 Å². The molecule has 1 rings (SSSR count). The number of carboxylic acid groups (broad SMARTS) is 1. The lowest BCUT2D eigenvalue weighted by atomic mass is 10.1. The largest absolute Gasteiger partial charge is 0.478 e. The molecule has 1 aromatic rings. The Morgan fingerprint density at radius 1 is 1.10 bits per heavy atom. The van der Waals surface area contributed by atoms with Crippen LogP contribution in [-0.2, 0) is 16.1 Å². The molecule has 0 radical (unpaired) electrons. The lowest BCUT2D eigenvalue weighted by molar-refractivity contribution is -0.129. The molecule has 0 aliphatic heterocycles. The van der Waals surface area contributed by atoms with Crippen molar-refractivity contribution in [3.8, 4) is 0 Å². The Hall–Kier alpha value is -2.37. The Balaban J connectivity index is 2.29. The highest BCUT2D eigenvalue weighted by Gasteiger charge is 2.07. The summed E-state index contributed by atoms with van der Waals surface area (Å²) in [4.78, 5) is 35.2. The Morgan fingerprint density at radius 2 is 1.71 bits per heavy atom. The standard InChI is InChI=1S/C15H20N2O4/c1-17(2)14(19)5-3-4-13(18)16-10-11-6-8-12(9-7-11)15(20)21/h6-9H,3-5,10H2,1-2H3,(H,16,18)(H,20,21). The minimum absolute atomic E-state index is 0.00654. The van der Waals surface area contributed by atoms with Crippen LogP contribution in [0.3, 0.4) is 0 Å². The third-order valence-corrected chi connectivity index (χ3v) is 2.98. The van der Waals surface area contributed by atoms with Crippen molar-refractivity contribution in [1.29, 1.82) is 0 Å². The molecule has 0 unspecified atom stereocenters. The molecular formula is C15H20N2O4. The van der Waals surface area contributed by atoms with Crippen LogP contribution in [0, 0.1) is 0 Å². The van der Waals surface area contributed by atoms with Gasteiger partial charge in [-0.2, -0.15) is 0 Å². The first-order valence-corrected chi connectivity index (χ1v) is 6.69. The molecule has 0 aromatic heterocycles. The topological polar surface area (TPSA) is 86.7 Å². The first-order valence-electron chi connectivity index (χ1n) is 6.69. The van der Waals surface area contributed by atoms with Crippen molar-refractivity contribution in [2.24, 2.45) is 0 Å². The Morgan fingerprint density at radius 3 is 2.24 bits per heavy atom. The first kappa shape index (κ1) is 16.7. The number of carbonyl (C=O) groups is 3. The van der Waals surface area contributed by atoms with Crippen molar-refractivity contribution < 1.29 is 19.5 Å². The summed E-state index contributed by atoms with van der Waals surface area (Å²) in [5.74, 6) is -1.09. The molecule has 6 heteroatoms. The summed E-state index contributed by atoms with van der Waals surface area (Å²) in [6.45, 7) is 0.348. The number of carbonyl (C=O) groups excluding carboxylic acids is 2. The van der Waals surface area contributed by atoms with Gasteiger partial charge in [-0.15, -0.1) is 0 Å². The van der Waals surface area contributed by atoms with Crippen LogP contribution in [0.4, 0.5) is 0 Å². The smallest absolute Gasteiger partial charge is 0.335 e. The van der Waals surface area contributed by atoms with Crippen LogP contribution < -0.4 is 5.32 Å². The van der Waals surface area contributed by atoms with Gasteiger partial charge in [-0.1, -0.05) is 12.1 Å². The SMILES string of the molecule is CN(C)C(=O)CCCC(=O)NCc1ccc(C(=O)O)cc1. The molecule has 0 saturated carbocycles. The number of hydrogen-bond donors (Lipinski definition) is 2. The normalized spacial score (nSPS) is 10.0. The molecule has 0 heterocycles. The zero-order valence-electron chi connectivity index (χ0n) is 12.3. The van der Waals surface area contributed by atoms with Gasteiger partial charge in [0.25, 0.3) is 0 Å². The van der Waals surface area contributed by atoms with Gasteiger partial charge < -0.3 is 15.3 Å². The summed E-state index contributed by atoms with van der Waals surface area (Å²) in [6.07, 6.45) is 1.17. The maximum atomic E-state index is 11.6. The van der Waals surface area contributed by atoms with Crippen molar-refractivity contribution in [1.82, 2.24) is 10.2 Å². The van der Waals surface area contributed by atoms with E-state index in [-0.39, 0.29) is 17.4 Å². The monoisotopic (exact) mass is 292 g/mol. The average Bonchev–Trinajstić information content (AvgIpc) is 2.45. The second-order valence-corrected chi connectivity index (χ2v) is 4.92. The van der Waals surface area contributed by atoms with Crippen LogP contribution in [0.15, 0.2) is 24.3 Å². The van der Waals surface area contributed by atoms with Crippen LogP contribution in [0.5, 0.6) is 0 Å². The van der Waals surface area contributed by atoms with Crippen LogP contribution >= 0.6 is 0 Å². The highest BCUT2D eigenvalue weighted by Crippen LogP contribution is 2.05. The van der Waals surface area contributed by atoms with E-state index in [9.17, 15) is 14.4 Å². The number of aromatic carboxylic acids is 1. The van der Waals surface area contributed by atoms with Gasteiger partial charge in [-0.3, -0.25) is 9.59 Å². The number of hydrogen-bond acceptors (Lipinski definition) is 3. The number of amides is 2. The highest BCUT2D eigenvalue weighted by atomic mass is 16.4. The molecule has 2 amide bonds. The highest BCUT2D eigenvalue weighted by molar-refractivity contribution is 5.87. The van der Waals surface area contributed by atoms with Gasteiger partial charge in [0.1, 0.15) is 0 Å². The lowest BCUT2D eigenvalue weighted by Gasteiger charge is -2.09. The lowest BCUT2D eigenvalue weighted by Crippen LogP contribution is -2.24. The molecule has 0 aliphatic rings. The minimum Gasteiger partial charge on any atom is -0.478 e. The number of rotatable bonds is 7. The van der Waals surface area contributed by atoms with Gasteiger partial charge in [0.15, 0.2) is 0 Å². The number of carboxylic acids is 1. The van der Waals surface area contributed by atoms with E-state index < -0.39 is 5.97 Å². The van der Waals surface area contributed by atoms with E-state index in [1.165, 1.54) is 17.0 Å². The van der Waals surface area contributed by atoms with E-state index in [4.69, 9.17) is 5.11 Å². The summed E-state index contributed by atoms with van der Waals surface area (Å²) >= 11 is 0. The van der Waals surface area contributed by atoms with E-state index in [0.29, 0.717) is 25.8 Å². The maximum Gasteiger partial charge on any atom is 0.335 e. The van der Waals surface area contributed by atoms with E-state index >= 15 is 0 Å². The van der Waals surface area contributed by atoms with Gasteiger partial charge in [0.2, 0.25) is 11.8 Å². The van der Waals surface area contributed by atoms with Crippen molar-refractivity contribution in [2.75, 3.05) is 14.1 Å². The van der Waals surface area contributed by atoms with Crippen LogP contribution in [0.2, 0.25) is 0 Å². The molecule has 2 N–H and O–H groups in total. The molecule has 0 aliphatic carbocycles. The first-order chi connectivity index (χ1) is 9.90. The second-order valence-electron chi connectivity index (χ2n) is 4.92. The predicted molar refractivity (Wildman–Crippen MR) is 77.8 cm³/mol. The summed E-state index contributed by atoms with van der Waals surface area (Å²) in [7, 11) is 3.37. The number of nitrogens with zero attached hydrogens (tertiary/aromatic N) is 1. The third-order valence-electron chi connectivity index (χ3n) is 2.98. The van der Waals surface area contributed by atoms with Gasteiger partial charge in [-0.25, -0.2) is 4.79 Å². The third kappa shape index (κ3) is 6.07. The summed E-state index contributed by atoms with van der Waals surface area (Å²) in [5, 5.41) is 11.5. The summed E-state index contributed by atoms with van der Waals surface area (Å²) < 4.78 is 0. The fourth-order valence-corrected chi connectivity index (χ4v) is 1.68. The molecule has 6 nitrogen and oxygen atoms in total. The molecule has 0 atom stereocenters. The van der Waals surface area contributed by atoms with Gasteiger partial charge in [0.05, 0.1) is 5.56 Å². The van der Waals surface area contributed by atoms with Crippen LogP contribution in [-0.4, -0.2) is 41.9 Å². The Labute approximate surface area is 123 Å².